The molecule has 1 aliphatic carbocycles. The molecule has 1 fully saturated rings. The Morgan fingerprint density at radius 1 is 1.18 bits per heavy atom. The van der Waals surface area contributed by atoms with Gasteiger partial charge in [0.15, 0.2) is 5.67 Å². The quantitative estimate of drug-likeness (QED) is 0.802. The van der Waals surface area contributed by atoms with Crippen molar-refractivity contribution in [1.82, 2.24) is 0 Å². The van der Waals surface area contributed by atoms with Crippen LogP contribution >= 0.6 is 10.2 Å². The zero-order valence-corrected chi connectivity index (χ0v) is 9.29. The topological polar surface area (TPSA) is 27.6 Å². The van der Waals surface area contributed by atoms with Gasteiger partial charge in [-0.1, -0.05) is 31.6 Å². The molecule has 0 aliphatic heterocycles. The smallest absolute Gasteiger partial charge is 0.310 e. The van der Waals surface area contributed by atoms with Crippen LogP contribution in [0.5, 0.6) is 0 Å². The third-order valence-corrected chi connectivity index (χ3v) is 3.93. The average Bonchev–Trinajstić information content (AvgIpc) is 2.73. The van der Waals surface area contributed by atoms with Gasteiger partial charge in [0.1, 0.15) is 10.9 Å². The molecule has 8 heteroatoms. The summed E-state index contributed by atoms with van der Waals surface area (Å²) < 4.78 is 76.3. The van der Waals surface area contributed by atoms with Gasteiger partial charge in [0.05, 0.1) is 0 Å². The van der Waals surface area contributed by atoms with Crippen molar-refractivity contribution in [3.63, 3.8) is 0 Å². The fourth-order valence-electron chi connectivity index (χ4n) is 1.65. The van der Waals surface area contributed by atoms with E-state index in [2.05, 4.69) is 5.73 Å². The minimum Gasteiger partial charge on any atom is -0.352 e. The summed E-state index contributed by atoms with van der Waals surface area (Å²) in [6, 6.07) is 1.62. The van der Waals surface area contributed by atoms with Crippen LogP contribution in [-0.4, -0.2) is 6.04 Å². The lowest BCUT2D eigenvalue weighted by molar-refractivity contribution is -0.396. The van der Waals surface area contributed by atoms with E-state index < -0.39 is 26.8 Å². The van der Waals surface area contributed by atoms with Crippen molar-refractivity contribution in [2.45, 2.75) is 23.0 Å². The molecule has 0 heterocycles. The van der Waals surface area contributed by atoms with Gasteiger partial charge in [-0.15, -0.1) is 0 Å². The van der Waals surface area contributed by atoms with Crippen LogP contribution in [-0.2, 0) is 5.67 Å². The Kier molecular flexibility index (Phi) is 1.91. The highest BCUT2D eigenvalue weighted by Gasteiger charge is 2.66. The minimum absolute atomic E-state index is 0.0449. The van der Waals surface area contributed by atoms with Gasteiger partial charge in [0.25, 0.3) is 0 Å². The van der Waals surface area contributed by atoms with Crippen LogP contribution in [0.1, 0.15) is 12.0 Å². The predicted octanol–water partition coefficient (Wildman–Crippen LogP) is 3.52. The number of halogens is 6. The third-order valence-electron chi connectivity index (χ3n) is 2.79. The van der Waals surface area contributed by atoms with Gasteiger partial charge >= 0.3 is 10.2 Å². The number of alkyl halides is 1. The average molecular weight is 278 g/mol. The fraction of sp³-hybridized carbons (Fsp3) is 0.333. The lowest BCUT2D eigenvalue weighted by Gasteiger charge is -2.40. The molecular weight excluding hydrogens is 268 g/mol. The Labute approximate surface area is 93.3 Å². The Morgan fingerprint density at radius 3 is 2.12 bits per heavy atom. The van der Waals surface area contributed by atoms with Crippen molar-refractivity contribution in [3.05, 3.63) is 29.8 Å². The molecule has 2 atom stereocenters. The summed E-state index contributed by atoms with van der Waals surface area (Å²) in [7, 11) is -9.73. The van der Waals surface area contributed by atoms with Crippen molar-refractivity contribution in [1.29, 1.82) is 0 Å². The lowest BCUT2D eigenvalue weighted by atomic mass is 10.1. The Hall–Kier alpha value is -0.890. The van der Waals surface area contributed by atoms with Gasteiger partial charge in [0, 0.05) is 6.42 Å². The van der Waals surface area contributed by atoms with Crippen LogP contribution in [0.3, 0.4) is 0 Å². The van der Waals surface area contributed by atoms with Crippen LogP contribution in [0.15, 0.2) is 29.2 Å². The molecule has 17 heavy (non-hydrogen) atoms. The SMILES string of the molecule is [NH3+][C@H]1C[C@]1(F)c1cccc(S(F)(F)(F)(F)F)c1. The lowest BCUT2D eigenvalue weighted by Crippen LogP contribution is -2.55. The van der Waals surface area contributed by atoms with Gasteiger partial charge < -0.3 is 5.73 Å². The molecule has 0 aromatic heterocycles. The zero-order chi connectivity index (χ0) is 13.2. The van der Waals surface area contributed by atoms with Gasteiger partial charge in [-0.25, -0.2) is 4.39 Å². The maximum atomic E-state index is 13.8. The van der Waals surface area contributed by atoms with Gasteiger partial charge in [-0.2, -0.15) is 0 Å². The van der Waals surface area contributed by atoms with E-state index in [1.54, 1.807) is 0 Å². The number of quaternary nitrogens is 1. The van der Waals surface area contributed by atoms with E-state index in [1.807, 2.05) is 0 Å². The first-order valence-electron chi connectivity index (χ1n) is 4.69. The molecular formula is C9H10F6NS+. The molecule has 1 aliphatic rings. The van der Waals surface area contributed by atoms with E-state index in [4.69, 9.17) is 0 Å². The van der Waals surface area contributed by atoms with E-state index in [1.165, 1.54) is 0 Å². The van der Waals surface area contributed by atoms with E-state index in [0.717, 1.165) is 12.1 Å². The minimum atomic E-state index is -9.73. The summed E-state index contributed by atoms with van der Waals surface area (Å²) in [5, 5.41) is 0. The highest BCUT2D eigenvalue weighted by molar-refractivity contribution is 8.45. The van der Waals surface area contributed by atoms with Crippen LogP contribution in [0.25, 0.3) is 0 Å². The molecule has 0 amide bonds. The Morgan fingerprint density at radius 2 is 1.71 bits per heavy atom. The Bertz CT molecular complexity index is 483. The summed E-state index contributed by atoms with van der Waals surface area (Å²) >= 11 is 0. The first-order chi connectivity index (χ1) is 7.33. The summed E-state index contributed by atoms with van der Waals surface area (Å²) in [5.41, 5.74) is 0.985. The van der Waals surface area contributed by atoms with Gasteiger partial charge in [-0.05, 0) is 17.7 Å². The van der Waals surface area contributed by atoms with Crippen LogP contribution in [0.2, 0.25) is 0 Å². The molecule has 0 unspecified atom stereocenters. The molecule has 0 spiro atoms. The van der Waals surface area contributed by atoms with Crippen molar-refractivity contribution >= 4 is 10.2 Å². The molecule has 1 nitrogen and oxygen atoms in total. The third kappa shape index (κ3) is 2.23. The van der Waals surface area contributed by atoms with Crippen molar-refractivity contribution < 1.29 is 29.6 Å². The van der Waals surface area contributed by atoms with E-state index >= 15 is 0 Å². The molecule has 2 rings (SSSR count). The number of rotatable bonds is 2. The van der Waals surface area contributed by atoms with E-state index in [0.29, 0.717) is 0 Å². The predicted molar refractivity (Wildman–Crippen MR) is 51.9 cm³/mol. The first-order valence-corrected chi connectivity index (χ1v) is 6.65. The van der Waals surface area contributed by atoms with Gasteiger partial charge in [-0.3, -0.25) is 0 Å². The molecule has 1 saturated carbocycles. The monoisotopic (exact) mass is 278 g/mol. The molecule has 3 N–H and O–H groups in total. The normalized spacial score (nSPS) is 32.8. The molecule has 98 valence electrons. The zero-order valence-electron chi connectivity index (χ0n) is 8.48. The maximum Gasteiger partial charge on any atom is 0.310 e. The second-order valence-electron chi connectivity index (χ2n) is 4.26. The summed E-state index contributed by atoms with van der Waals surface area (Å²) in [6.07, 6.45) is -0.0449. The van der Waals surface area contributed by atoms with E-state index in [9.17, 15) is 23.8 Å². The fourth-order valence-corrected chi connectivity index (χ4v) is 2.33. The van der Waals surface area contributed by atoms with Crippen molar-refractivity contribution in [3.8, 4) is 0 Å². The number of benzene rings is 1. The molecule has 0 bridgehead atoms. The highest BCUT2D eigenvalue weighted by Crippen LogP contribution is 3.02. The first kappa shape index (κ1) is 12.6. The molecule has 1 aromatic carbocycles. The highest BCUT2D eigenvalue weighted by atomic mass is 32.5. The van der Waals surface area contributed by atoms with Crippen molar-refractivity contribution in [2.75, 3.05) is 0 Å². The van der Waals surface area contributed by atoms with Crippen LogP contribution in [0.4, 0.5) is 23.8 Å². The molecule has 1 aromatic rings. The number of hydrogen-bond donors (Lipinski definition) is 1. The summed E-state index contributed by atoms with van der Waals surface area (Å²) in [5.74, 6) is 0. The van der Waals surface area contributed by atoms with Crippen LogP contribution in [0, 0.1) is 0 Å². The summed E-state index contributed by atoms with van der Waals surface area (Å²) in [6.45, 7) is 0. The standard InChI is InChI=1S/C9H9F6NS/c10-9(5-8(9)16)6-2-1-3-7(4-6)17(11,12,13,14)15/h1-4,8H,5,16H2/p+1/t8-,9-/m0/s1. The number of hydrogen-bond acceptors (Lipinski definition) is 0. The van der Waals surface area contributed by atoms with Crippen LogP contribution < -0.4 is 5.73 Å². The second kappa shape index (κ2) is 2.59. The molecule has 0 saturated heterocycles. The Balaban J connectivity index is 2.52. The summed E-state index contributed by atoms with van der Waals surface area (Å²) in [4.78, 5) is -2.06. The van der Waals surface area contributed by atoms with Gasteiger partial charge in [0.2, 0.25) is 0 Å². The largest absolute Gasteiger partial charge is 0.352 e. The second-order valence-corrected chi connectivity index (χ2v) is 6.67. The molecule has 0 radical (unpaired) electrons. The maximum absolute atomic E-state index is 13.8. The van der Waals surface area contributed by atoms with E-state index in [-0.39, 0.29) is 24.1 Å². The van der Waals surface area contributed by atoms with Crippen molar-refractivity contribution in [2.24, 2.45) is 0 Å².